The molecule has 8 heteroatoms. The summed E-state index contributed by atoms with van der Waals surface area (Å²) in [5, 5.41) is 15.1. The van der Waals surface area contributed by atoms with E-state index < -0.39 is 0 Å². The number of amides is 1. The highest BCUT2D eigenvalue weighted by molar-refractivity contribution is 5.81. The number of nitrogens with zero attached hydrogens (tertiary/aromatic N) is 5. The van der Waals surface area contributed by atoms with Crippen molar-refractivity contribution < 1.29 is 4.79 Å². The first kappa shape index (κ1) is 18.9. The maximum atomic E-state index is 11.7. The van der Waals surface area contributed by atoms with Crippen molar-refractivity contribution in [1.29, 1.82) is 0 Å². The number of rotatable bonds is 5. The summed E-state index contributed by atoms with van der Waals surface area (Å²) in [5.41, 5.74) is 1.14. The Hall–Kier alpha value is -2.90. The Balaban J connectivity index is 1.67. The molecule has 1 aromatic heterocycles. The van der Waals surface area contributed by atoms with Crippen molar-refractivity contribution in [3.05, 3.63) is 47.5 Å². The van der Waals surface area contributed by atoms with Gasteiger partial charge in [-0.2, -0.15) is 0 Å². The third kappa shape index (κ3) is 5.06. The van der Waals surface area contributed by atoms with Gasteiger partial charge >= 0.3 is 0 Å². The second kappa shape index (κ2) is 8.66. The molecular formula is C19H27N7O. The van der Waals surface area contributed by atoms with E-state index in [0.717, 1.165) is 23.6 Å². The Bertz CT molecular complexity index is 800. The number of nitrogens with one attached hydrogen (secondary N) is 2. The van der Waals surface area contributed by atoms with Crippen LogP contribution in [0.4, 0.5) is 0 Å². The van der Waals surface area contributed by atoms with E-state index in [4.69, 9.17) is 4.99 Å². The second-order valence-electron chi connectivity index (χ2n) is 6.88. The van der Waals surface area contributed by atoms with Gasteiger partial charge in [-0.15, -0.1) is 10.2 Å². The molecule has 0 radical (unpaired) electrons. The van der Waals surface area contributed by atoms with Crippen LogP contribution in [0.15, 0.2) is 35.3 Å². The molecule has 1 aliphatic heterocycles. The summed E-state index contributed by atoms with van der Waals surface area (Å²) in [4.78, 5) is 18.2. The Labute approximate surface area is 159 Å². The average Bonchev–Trinajstić information content (AvgIpc) is 2.99. The van der Waals surface area contributed by atoms with Gasteiger partial charge in [0.15, 0.2) is 11.8 Å². The maximum absolute atomic E-state index is 11.7. The van der Waals surface area contributed by atoms with Gasteiger partial charge in [-0.25, -0.2) is 4.99 Å². The lowest BCUT2D eigenvalue weighted by atomic mass is 10.1. The van der Waals surface area contributed by atoms with Crippen LogP contribution in [-0.4, -0.2) is 51.2 Å². The summed E-state index contributed by atoms with van der Waals surface area (Å²) in [6.45, 7) is 3.71. The molecule has 144 valence electrons. The van der Waals surface area contributed by atoms with E-state index in [9.17, 15) is 4.79 Å². The molecule has 1 fully saturated rings. The monoisotopic (exact) mass is 369 g/mol. The van der Waals surface area contributed by atoms with Gasteiger partial charge in [-0.3, -0.25) is 4.79 Å². The lowest BCUT2D eigenvalue weighted by Gasteiger charge is -2.31. The fourth-order valence-corrected chi connectivity index (χ4v) is 3.00. The van der Waals surface area contributed by atoms with Gasteiger partial charge in [-0.05, 0) is 18.9 Å². The second-order valence-corrected chi connectivity index (χ2v) is 6.88. The third-order valence-electron chi connectivity index (χ3n) is 4.83. The van der Waals surface area contributed by atoms with Crippen LogP contribution >= 0.6 is 0 Å². The molecule has 1 amide bonds. The summed E-state index contributed by atoms with van der Waals surface area (Å²) >= 11 is 0. The minimum Gasteiger partial charge on any atom is -0.352 e. The Kier molecular flexibility index (Phi) is 6.05. The first-order valence-corrected chi connectivity index (χ1v) is 9.20. The van der Waals surface area contributed by atoms with E-state index in [1.54, 1.807) is 4.90 Å². The van der Waals surface area contributed by atoms with E-state index >= 15 is 0 Å². The average molecular weight is 369 g/mol. The van der Waals surface area contributed by atoms with Gasteiger partial charge in [0.05, 0.1) is 13.1 Å². The van der Waals surface area contributed by atoms with E-state index in [-0.39, 0.29) is 11.9 Å². The molecule has 1 aromatic carbocycles. The molecule has 2 aromatic rings. The number of carbonyl (C=O) groups excluding carboxylic acids is 1. The minimum atomic E-state index is 0.177. The summed E-state index contributed by atoms with van der Waals surface area (Å²) < 4.78 is 1.95. The summed E-state index contributed by atoms with van der Waals surface area (Å²) in [6, 6.07) is 10.3. The molecule has 2 N–H and O–H groups in total. The van der Waals surface area contributed by atoms with Gasteiger partial charge in [0.25, 0.3) is 0 Å². The fourth-order valence-electron chi connectivity index (χ4n) is 3.00. The quantitative estimate of drug-likeness (QED) is 0.606. The minimum absolute atomic E-state index is 0.177. The van der Waals surface area contributed by atoms with Crippen molar-refractivity contribution in [3.63, 3.8) is 0 Å². The van der Waals surface area contributed by atoms with Gasteiger partial charge in [-0.1, -0.05) is 30.3 Å². The van der Waals surface area contributed by atoms with Crippen molar-refractivity contribution in [3.8, 4) is 0 Å². The number of hydrogen-bond donors (Lipinski definition) is 2. The standard InChI is InChI=1S/C19H27N7O/c1-14-23-24-17(26(14)3)12-21-19(20-11-15-7-5-4-6-8-15)22-16-9-10-18(27)25(2)13-16/h4-8,16H,9-13H2,1-3H3,(H2,20,21,22). The van der Waals surface area contributed by atoms with Crippen LogP contribution in [0, 0.1) is 6.92 Å². The van der Waals surface area contributed by atoms with E-state index in [1.165, 1.54) is 0 Å². The zero-order valence-electron chi connectivity index (χ0n) is 16.1. The van der Waals surface area contributed by atoms with Crippen molar-refractivity contribution in [2.45, 2.75) is 38.9 Å². The van der Waals surface area contributed by atoms with Gasteiger partial charge in [0.1, 0.15) is 5.82 Å². The maximum Gasteiger partial charge on any atom is 0.222 e. The molecule has 1 unspecified atom stereocenters. The molecule has 0 aliphatic carbocycles. The van der Waals surface area contributed by atoms with Crippen LogP contribution in [0.1, 0.15) is 30.1 Å². The van der Waals surface area contributed by atoms with Crippen LogP contribution in [-0.2, 0) is 24.9 Å². The molecule has 27 heavy (non-hydrogen) atoms. The van der Waals surface area contributed by atoms with Crippen molar-refractivity contribution >= 4 is 11.9 Å². The predicted octanol–water partition coefficient (Wildman–Crippen LogP) is 0.980. The Morgan fingerprint density at radius 1 is 1.26 bits per heavy atom. The molecule has 1 atom stereocenters. The third-order valence-corrected chi connectivity index (χ3v) is 4.83. The van der Waals surface area contributed by atoms with Gasteiger partial charge in [0.2, 0.25) is 5.91 Å². The largest absolute Gasteiger partial charge is 0.352 e. The zero-order chi connectivity index (χ0) is 19.2. The van der Waals surface area contributed by atoms with Gasteiger partial charge in [0, 0.05) is 33.1 Å². The molecule has 1 aliphatic rings. The Morgan fingerprint density at radius 2 is 2.04 bits per heavy atom. The smallest absolute Gasteiger partial charge is 0.222 e. The summed E-state index contributed by atoms with van der Waals surface area (Å²) in [7, 11) is 3.79. The molecule has 2 heterocycles. The van der Waals surface area contributed by atoms with Crippen molar-refractivity contribution in [2.24, 2.45) is 12.0 Å². The number of hydrogen-bond acceptors (Lipinski definition) is 4. The molecule has 3 rings (SSSR count). The number of likely N-dealkylation sites (tertiary alicyclic amines) is 1. The first-order valence-electron chi connectivity index (χ1n) is 9.20. The van der Waals surface area contributed by atoms with Crippen molar-refractivity contribution in [1.82, 2.24) is 30.3 Å². The predicted molar refractivity (Wildman–Crippen MR) is 104 cm³/mol. The molecular weight excluding hydrogens is 342 g/mol. The number of guanidine groups is 1. The number of benzene rings is 1. The van der Waals surface area contributed by atoms with E-state index in [2.05, 4.69) is 33.0 Å². The first-order chi connectivity index (χ1) is 13.0. The van der Waals surface area contributed by atoms with Crippen LogP contribution in [0.5, 0.6) is 0 Å². The molecule has 8 nitrogen and oxygen atoms in total. The van der Waals surface area contributed by atoms with Crippen molar-refractivity contribution in [2.75, 3.05) is 13.6 Å². The fraction of sp³-hybridized carbons (Fsp3) is 0.474. The SMILES string of the molecule is Cc1nnc(CNC(=NCc2ccccc2)NC2CCC(=O)N(C)C2)n1C. The lowest BCUT2D eigenvalue weighted by Crippen LogP contribution is -2.51. The Morgan fingerprint density at radius 3 is 2.70 bits per heavy atom. The number of aromatic nitrogens is 3. The molecule has 1 saturated heterocycles. The topological polar surface area (TPSA) is 87.4 Å². The highest BCUT2D eigenvalue weighted by Crippen LogP contribution is 2.10. The highest BCUT2D eigenvalue weighted by Gasteiger charge is 2.23. The number of likely N-dealkylation sites (N-methyl/N-ethyl adjacent to an activating group) is 1. The number of carbonyl (C=O) groups is 1. The van der Waals surface area contributed by atoms with Crippen LogP contribution < -0.4 is 10.6 Å². The van der Waals surface area contributed by atoms with Crippen LogP contribution in [0.3, 0.4) is 0 Å². The summed E-state index contributed by atoms with van der Waals surface area (Å²) in [5.74, 6) is 2.62. The molecule has 0 spiro atoms. The zero-order valence-corrected chi connectivity index (χ0v) is 16.1. The van der Waals surface area contributed by atoms with Gasteiger partial charge < -0.3 is 20.1 Å². The van der Waals surface area contributed by atoms with Crippen LogP contribution in [0.25, 0.3) is 0 Å². The number of piperidine rings is 1. The normalized spacial score (nSPS) is 17.9. The van der Waals surface area contributed by atoms with Crippen LogP contribution in [0.2, 0.25) is 0 Å². The van der Waals surface area contributed by atoms with E-state index in [0.29, 0.717) is 32.0 Å². The lowest BCUT2D eigenvalue weighted by molar-refractivity contribution is -0.132. The summed E-state index contributed by atoms with van der Waals surface area (Å²) in [6.07, 6.45) is 1.36. The number of aliphatic imine (C=N–C) groups is 1. The highest BCUT2D eigenvalue weighted by atomic mass is 16.2. The number of aryl methyl sites for hydroxylation is 1. The molecule has 0 saturated carbocycles. The van der Waals surface area contributed by atoms with E-state index in [1.807, 2.05) is 43.8 Å². The molecule has 0 bridgehead atoms.